The van der Waals surface area contributed by atoms with Gasteiger partial charge in [-0.3, -0.25) is 5.32 Å². The Morgan fingerprint density at radius 3 is 2.00 bits per heavy atom. The van der Waals surface area contributed by atoms with Gasteiger partial charge in [-0.25, -0.2) is 4.79 Å². The highest BCUT2D eigenvalue weighted by atomic mass is 16.4. The highest BCUT2D eigenvalue weighted by Gasteiger charge is 2.29. The molecule has 0 heterocycles. The van der Waals surface area contributed by atoms with E-state index in [-0.39, 0.29) is 0 Å². The predicted molar refractivity (Wildman–Crippen MR) is 66.9 cm³/mol. The normalized spacial score (nSPS) is 15.9. The summed E-state index contributed by atoms with van der Waals surface area (Å²) >= 11 is 0. The second-order valence-corrected chi connectivity index (χ2v) is 4.91. The first kappa shape index (κ1) is 11.1. The Balaban J connectivity index is 2.27. The van der Waals surface area contributed by atoms with E-state index in [1.807, 2.05) is 0 Å². The average molecular weight is 242 g/mol. The van der Waals surface area contributed by atoms with E-state index in [0.717, 1.165) is 72.0 Å². The molecule has 92 valence electrons. The summed E-state index contributed by atoms with van der Waals surface area (Å²) in [6.07, 6.45) is 4.59. The lowest BCUT2D eigenvalue weighted by Crippen LogP contribution is -2.13. The molecule has 0 aromatic heterocycles. The van der Waals surface area contributed by atoms with Crippen LogP contribution < -0.4 is 5.32 Å². The zero-order chi connectivity index (χ0) is 12.7. The Kier molecular flexibility index (Phi) is 2.48. The fraction of sp³-hybridized carbons (Fsp3) is 0.429. The number of rotatable bonds is 1. The van der Waals surface area contributed by atoms with Crippen LogP contribution in [0.5, 0.6) is 0 Å². The third-order valence-corrected chi connectivity index (χ3v) is 3.99. The van der Waals surface area contributed by atoms with Crippen molar-refractivity contribution in [3.05, 3.63) is 27.8 Å². The summed E-state index contributed by atoms with van der Waals surface area (Å²) in [5.41, 5.74) is 5.90. The van der Waals surface area contributed by atoms with Gasteiger partial charge in [0, 0.05) is 0 Å². The first-order valence-corrected chi connectivity index (χ1v) is 6.32. The Labute approximate surface area is 105 Å². The van der Waals surface area contributed by atoms with Gasteiger partial charge in [-0.15, -0.1) is 0 Å². The largest absolute Gasteiger partial charge is 0.465 e. The van der Waals surface area contributed by atoms with Crippen LogP contribution in [0.3, 0.4) is 0 Å². The summed E-state index contributed by atoms with van der Waals surface area (Å²) in [5.74, 6) is 0. The summed E-state index contributed by atoms with van der Waals surface area (Å²) < 4.78 is 0. The number of hydrogen-bond acceptors (Lipinski definition) is 2. The number of benzene rings is 1. The molecule has 3 rings (SSSR count). The highest BCUT2D eigenvalue weighted by molar-refractivity contribution is 5.87. The molecule has 1 aromatic carbocycles. The lowest BCUT2D eigenvalue weighted by atomic mass is 9.93. The van der Waals surface area contributed by atoms with E-state index in [1.165, 1.54) is 0 Å². The zero-order valence-corrected chi connectivity index (χ0v) is 10.0. The fourth-order valence-electron chi connectivity index (χ4n) is 3.35. The molecule has 1 amide bonds. The number of nitriles is 1. The van der Waals surface area contributed by atoms with Crippen molar-refractivity contribution in [3.63, 3.8) is 0 Å². The number of amides is 1. The van der Waals surface area contributed by atoms with Crippen molar-refractivity contribution in [1.82, 2.24) is 0 Å². The van der Waals surface area contributed by atoms with E-state index in [1.54, 1.807) is 0 Å². The molecule has 0 bridgehead atoms. The molecule has 0 atom stereocenters. The van der Waals surface area contributed by atoms with Crippen LogP contribution in [0.25, 0.3) is 0 Å². The minimum Gasteiger partial charge on any atom is -0.465 e. The van der Waals surface area contributed by atoms with Crippen LogP contribution in [0, 0.1) is 11.3 Å². The van der Waals surface area contributed by atoms with Crippen molar-refractivity contribution < 1.29 is 9.90 Å². The second kappa shape index (κ2) is 4.02. The smallest absolute Gasteiger partial charge is 0.409 e. The van der Waals surface area contributed by atoms with E-state index < -0.39 is 6.09 Å². The monoisotopic (exact) mass is 242 g/mol. The maximum atomic E-state index is 10.9. The van der Waals surface area contributed by atoms with Gasteiger partial charge in [0.25, 0.3) is 0 Å². The number of carbonyl (C=O) groups is 1. The number of anilines is 1. The molecule has 0 saturated heterocycles. The molecule has 0 spiro atoms. The van der Waals surface area contributed by atoms with Crippen molar-refractivity contribution >= 4 is 11.8 Å². The Morgan fingerprint density at radius 2 is 1.56 bits per heavy atom. The number of carboxylic acid groups (broad SMARTS) is 1. The van der Waals surface area contributed by atoms with Gasteiger partial charge in [-0.2, -0.15) is 5.26 Å². The van der Waals surface area contributed by atoms with Crippen molar-refractivity contribution in [2.24, 2.45) is 0 Å². The van der Waals surface area contributed by atoms with Crippen molar-refractivity contribution in [2.45, 2.75) is 38.5 Å². The molecule has 0 radical (unpaired) electrons. The molecule has 1 aromatic rings. The van der Waals surface area contributed by atoms with Crippen LogP contribution in [-0.4, -0.2) is 11.2 Å². The van der Waals surface area contributed by atoms with Gasteiger partial charge in [0.1, 0.15) is 0 Å². The maximum Gasteiger partial charge on any atom is 0.409 e. The Morgan fingerprint density at radius 1 is 1.06 bits per heavy atom. The first-order chi connectivity index (χ1) is 8.72. The molecule has 0 aliphatic heterocycles. The molecule has 0 unspecified atom stereocenters. The van der Waals surface area contributed by atoms with E-state index >= 15 is 0 Å². The molecule has 4 nitrogen and oxygen atoms in total. The number of nitrogens with one attached hydrogen (secondary N) is 1. The minimum absolute atomic E-state index is 0.779. The van der Waals surface area contributed by atoms with E-state index in [4.69, 9.17) is 5.11 Å². The van der Waals surface area contributed by atoms with Crippen LogP contribution in [-0.2, 0) is 25.7 Å². The van der Waals surface area contributed by atoms with E-state index in [0.29, 0.717) is 0 Å². The fourth-order valence-corrected chi connectivity index (χ4v) is 3.35. The summed E-state index contributed by atoms with van der Waals surface area (Å²) in [6, 6.07) is 2.33. The van der Waals surface area contributed by atoms with Gasteiger partial charge in [-0.1, -0.05) is 0 Å². The second-order valence-electron chi connectivity index (χ2n) is 4.91. The SMILES string of the molecule is N#Cc1c2c(c(NC(=O)O)c3c1CCC3)CCC2. The molecular formula is C14H14N2O2. The molecule has 4 heteroatoms. The number of hydrogen-bond donors (Lipinski definition) is 2. The van der Waals surface area contributed by atoms with Crippen LogP contribution in [0.1, 0.15) is 40.7 Å². The molecule has 2 aliphatic carbocycles. The average Bonchev–Trinajstić information content (AvgIpc) is 2.96. The third-order valence-electron chi connectivity index (χ3n) is 3.99. The van der Waals surface area contributed by atoms with Gasteiger partial charge in [0.15, 0.2) is 0 Å². The van der Waals surface area contributed by atoms with Crippen molar-refractivity contribution in [2.75, 3.05) is 5.32 Å². The molecule has 2 aliphatic rings. The van der Waals surface area contributed by atoms with E-state index in [9.17, 15) is 10.1 Å². The zero-order valence-electron chi connectivity index (χ0n) is 10.0. The summed E-state index contributed by atoms with van der Waals surface area (Å²) in [5, 5.41) is 20.9. The number of nitrogens with zero attached hydrogens (tertiary/aromatic N) is 1. The molecule has 18 heavy (non-hydrogen) atoms. The van der Waals surface area contributed by atoms with Crippen LogP contribution in [0.2, 0.25) is 0 Å². The Hall–Kier alpha value is -2.02. The summed E-state index contributed by atoms with van der Waals surface area (Å²) in [4.78, 5) is 10.9. The minimum atomic E-state index is -1.01. The number of fused-ring (bicyclic) bond motifs is 2. The van der Waals surface area contributed by atoms with Gasteiger partial charge in [0.05, 0.1) is 17.3 Å². The van der Waals surface area contributed by atoms with Gasteiger partial charge in [-0.05, 0) is 60.8 Å². The maximum absolute atomic E-state index is 10.9. The van der Waals surface area contributed by atoms with Crippen LogP contribution in [0.4, 0.5) is 10.5 Å². The highest BCUT2D eigenvalue weighted by Crippen LogP contribution is 2.41. The summed E-state index contributed by atoms with van der Waals surface area (Å²) in [6.45, 7) is 0. The standard InChI is InChI=1S/C14H14N2O2/c15-7-12-8-3-1-5-10(8)13(16-14(17)18)11-6-2-4-9(11)12/h16H,1-6H2,(H,17,18). The van der Waals surface area contributed by atoms with Crippen molar-refractivity contribution in [1.29, 1.82) is 5.26 Å². The van der Waals surface area contributed by atoms with Crippen LogP contribution >= 0.6 is 0 Å². The lowest BCUT2D eigenvalue weighted by Gasteiger charge is -2.16. The van der Waals surface area contributed by atoms with Gasteiger partial charge < -0.3 is 5.11 Å². The lowest BCUT2D eigenvalue weighted by molar-refractivity contribution is 0.209. The summed E-state index contributed by atoms with van der Waals surface area (Å²) in [7, 11) is 0. The van der Waals surface area contributed by atoms with Crippen LogP contribution in [0.15, 0.2) is 0 Å². The topological polar surface area (TPSA) is 73.1 Å². The quantitative estimate of drug-likeness (QED) is 0.795. The molecule has 2 N–H and O–H groups in total. The molecular weight excluding hydrogens is 228 g/mol. The first-order valence-electron chi connectivity index (χ1n) is 6.32. The predicted octanol–water partition coefficient (Wildman–Crippen LogP) is 2.63. The Bertz CT molecular complexity index is 549. The molecule has 0 saturated carbocycles. The third kappa shape index (κ3) is 1.47. The van der Waals surface area contributed by atoms with E-state index in [2.05, 4.69) is 11.4 Å². The van der Waals surface area contributed by atoms with Gasteiger partial charge >= 0.3 is 6.09 Å². The molecule has 0 fully saturated rings. The van der Waals surface area contributed by atoms with Gasteiger partial charge in [0.2, 0.25) is 0 Å². The van der Waals surface area contributed by atoms with Crippen molar-refractivity contribution in [3.8, 4) is 6.07 Å².